The van der Waals surface area contributed by atoms with Crippen LogP contribution < -0.4 is 10.1 Å². The van der Waals surface area contributed by atoms with E-state index in [2.05, 4.69) is 29.1 Å². The summed E-state index contributed by atoms with van der Waals surface area (Å²) >= 11 is 0. The number of ether oxygens (including phenoxy) is 1. The van der Waals surface area contributed by atoms with E-state index in [-0.39, 0.29) is 12.3 Å². The van der Waals surface area contributed by atoms with Gasteiger partial charge in [-0.3, -0.25) is 9.59 Å². The van der Waals surface area contributed by atoms with Gasteiger partial charge in [0, 0.05) is 42.0 Å². The zero-order valence-electron chi connectivity index (χ0n) is 29.9. The number of hydrogen-bond acceptors (Lipinski definition) is 6. The lowest BCUT2D eigenvalue weighted by molar-refractivity contribution is -0.148. The molecule has 0 radical (unpaired) electrons. The van der Waals surface area contributed by atoms with Crippen molar-refractivity contribution in [3.8, 4) is 28.3 Å². The Morgan fingerprint density at radius 3 is 2.12 bits per heavy atom. The summed E-state index contributed by atoms with van der Waals surface area (Å²) in [6.07, 6.45) is 13.9. The predicted molar refractivity (Wildman–Crippen MR) is 200 cm³/mol. The molecule has 4 aromatic rings. The summed E-state index contributed by atoms with van der Waals surface area (Å²) in [5.74, 6) is -0.366. The first kappa shape index (κ1) is 37.2. The van der Waals surface area contributed by atoms with Crippen LogP contribution in [0, 0.1) is 0 Å². The number of carboxylic acids is 1. The van der Waals surface area contributed by atoms with Crippen molar-refractivity contribution in [3.63, 3.8) is 0 Å². The summed E-state index contributed by atoms with van der Waals surface area (Å²) in [7, 11) is 0. The Balaban J connectivity index is 1.23. The second-order valence-corrected chi connectivity index (χ2v) is 13.3. The van der Waals surface area contributed by atoms with Crippen LogP contribution in [0.25, 0.3) is 22.5 Å². The van der Waals surface area contributed by atoms with E-state index in [1.54, 1.807) is 24.5 Å². The molecule has 51 heavy (non-hydrogen) atoms. The molecule has 1 saturated heterocycles. The molecule has 2 heterocycles. The molecule has 268 valence electrons. The van der Waals surface area contributed by atoms with Crippen LogP contribution in [-0.2, 0) is 22.4 Å². The number of likely N-dealkylation sites (tertiary alicyclic amines) is 1. The minimum absolute atomic E-state index is 0.209. The number of aliphatic carboxylic acids is 1. The fraction of sp³-hybridized carbons (Fsp3) is 0.405. The molecule has 2 amide bonds. The third kappa shape index (κ3) is 10.5. The SMILES string of the molecule is CCCCCCCOc1ccc(-c2cnc(-c3ccc(C[C@H](NC(=O)c4ccc(CCCC)cc4)C(=O)N4CCC[C@H]4C(=O)O)cc3)nc2)cc1. The first-order valence-corrected chi connectivity index (χ1v) is 18.4. The van der Waals surface area contributed by atoms with Crippen LogP contribution in [0.15, 0.2) is 85.2 Å². The minimum atomic E-state index is -1.03. The van der Waals surface area contributed by atoms with Crippen LogP contribution in [0.5, 0.6) is 5.75 Å². The van der Waals surface area contributed by atoms with Gasteiger partial charge in [0.25, 0.3) is 5.91 Å². The number of carbonyl (C=O) groups is 3. The lowest BCUT2D eigenvalue weighted by Crippen LogP contribution is -2.52. The molecule has 2 atom stereocenters. The zero-order valence-corrected chi connectivity index (χ0v) is 29.9. The summed E-state index contributed by atoms with van der Waals surface area (Å²) < 4.78 is 5.90. The van der Waals surface area contributed by atoms with E-state index >= 15 is 0 Å². The van der Waals surface area contributed by atoms with E-state index in [1.807, 2.05) is 60.7 Å². The second kappa shape index (κ2) is 18.8. The molecule has 1 aliphatic rings. The molecule has 0 unspecified atom stereocenters. The average molecular weight is 691 g/mol. The summed E-state index contributed by atoms with van der Waals surface area (Å²) in [6, 6.07) is 21.2. The van der Waals surface area contributed by atoms with E-state index in [9.17, 15) is 19.5 Å². The summed E-state index contributed by atoms with van der Waals surface area (Å²) in [5, 5.41) is 12.7. The van der Waals surface area contributed by atoms with Gasteiger partial charge in [0.1, 0.15) is 17.8 Å². The maximum absolute atomic E-state index is 13.8. The van der Waals surface area contributed by atoms with Gasteiger partial charge >= 0.3 is 5.97 Å². The van der Waals surface area contributed by atoms with Crippen LogP contribution in [0.3, 0.4) is 0 Å². The molecule has 3 aromatic carbocycles. The van der Waals surface area contributed by atoms with E-state index in [0.717, 1.165) is 65.9 Å². The van der Waals surface area contributed by atoms with Crippen molar-refractivity contribution in [2.24, 2.45) is 0 Å². The first-order chi connectivity index (χ1) is 24.9. The number of hydrogen-bond donors (Lipinski definition) is 2. The van der Waals surface area contributed by atoms with Gasteiger partial charge < -0.3 is 20.1 Å². The largest absolute Gasteiger partial charge is 0.494 e. The van der Waals surface area contributed by atoms with Crippen molar-refractivity contribution in [3.05, 3.63) is 102 Å². The molecule has 0 saturated carbocycles. The highest BCUT2D eigenvalue weighted by molar-refractivity contribution is 5.98. The van der Waals surface area contributed by atoms with Gasteiger partial charge in [-0.25, -0.2) is 14.8 Å². The van der Waals surface area contributed by atoms with Crippen molar-refractivity contribution in [1.82, 2.24) is 20.2 Å². The number of carboxylic acid groups (broad SMARTS) is 1. The van der Waals surface area contributed by atoms with Crippen molar-refractivity contribution in [2.75, 3.05) is 13.2 Å². The van der Waals surface area contributed by atoms with Crippen LogP contribution in [0.2, 0.25) is 0 Å². The van der Waals surface area contributed by atoms with Crippen molar-refractivity contribution in [2.45, 2.75) is 96.6 Å². The highest BCUT2D eigenvalue weighted by atomic mass is 16.5. The van der Waals surface area contributed by atoms with Crippen LogP contribution in [0.1, 0.15) is 93.1 Å². The molecular weight excluding hydrogens is 640 g/mol. The van der Waals surface area contributed by atoms with Gasteiger partial charge in [-0.05, 0) is 73.1 Å². The molecule has 9 heteroatoms. The average Bonchev–Trinajstić information content (AvgIpc) is 3.66. The summed E-state index contributed by atoms with van der Waals surface area (Å²) in [6.45, 7) is 5.42. The van der Waals surface area contributed by atoms with Crippen LogP contribution in [-0.4, -0.2) is 63.0 Å². The Bertz CT molecular complexity index is 1710. The highest BCUT2D eigenvalue weighted by Crippen LogP contribution is 2.25. The molecule has 0 bridgehead atoms. The number of aromatic nitrogens is 2. The third-order valence-corrected chi connectivity index (χ3v) is 9.47. The van der Waals surface area contributed by atoms with Gasteiger partial charge in [-0.2, -0.15) is 0 Å². The molecule has 0 aliphatic carbocycles. The Kier molecular flexibility index (Phi) is 13.7. The molecule has 9 nitrogen and oxygen atoms in total. The highest BCUT2D eigenvalue weighted by Gasteiger charge is 2.37. The minimum Gasteiger partial charge on any atom is -0.494 e. The third-order valence-electron chi connectivity index (χ3n) is 9.47. The molecule has 1 fully saturated rings. The normalized spacial score (nSPS) is 14.6. The number of unbranched alkanes of at least 4 members (excludes halogenated alkanes) is 5. The molecule has 1 aromatic heterocycles. The van der Waals surface area contributed by atoms with E-state index in [0.29, 0.717) is 30.8 Å². The van der Waals surface area contributed by atoms with Crippen molar-refractivity contribution >= 4 is 17.8 Å². The number of amides is 2. The zero-order chi connectivity index (χ0) is 36.0. The lowest BCUT2D eigenvalue weighted by Gasteiger charge is -2.27. The molecule has 2 N–H and O–H groups in total. The van der Waals surface area contributed by atoms with Crippen molar-refractivity contribution < 1.29 is 24.2 Å². The fourth-order valence-electron chi connectivity index (χ4n) is 6.42. The van der Waals surface area contributed by atoms with Gasteiger partial charge in [0.15, 0.2) is 5.82 Å². The summed E-state index contributed by atoms with van der Waals surface area (Å²) in [5.41, 5.74) is 5.14. The smallest absolute Gasteiger partial charge is 0.326 e. The quantitative estimate of drug-likeness (QED) is 0.102. The number of nitrogens with one attached hydrogen (secondary N) is 1. The maximum Gasteiger partial charge on any atom is 0.326 e. The van der Waals surface area contributed by atoms with Crippen molar-refractivity contribution in [1.29, 1.82) is 0 Å². The second-order valence-electron chi connectivity index (χ2n) is 13.3. The standard InChI is InChI=1S/C42H50N4O5/c1-3-5-7-8-9-26-51-36-23-21-32(22-24-36)35-28-43-39(44-29-35)33-17-15-31(16-18-33)27-37(41(48)46-25-10-12-38(46)42(49)50)45-40(47)34-19-13-30(14-20-34)11-6-4-2/h13-24,28-29,37-38H,3-12,25-27H2,1-2H3,(H,45,47)(H,49,50)/t37-,38-/m0/s1. The number of rotatable bonds is 18. The number of aryl methyl sites for hydroxylation is 1. The van der Waals surface area contributed by atoms with E-state index < -0.39 is 24.0 Å². The number of benzene rings is 3. The van der Waals surface area contributed by atoms with Crippen LogP contribution in [0.4, 0.5) is 0 Å². The Morgan fingerprint density at radius 2 is 1.45 bits per heavy atom. The van der Waals surface area contributed by atoms with Crippen LogP contribution >= 0.6 is 0 Å². The first-order valence-electron chi connectivity index (χ1n) is 18.4. The molecule has 5 rings (SSSR count). The van der Waals surface area contributed by atoms with Gasteiger partial charge in [0.05, 0.1) is 6.61 Å². The summed E-state index contributed by atoms with van der Waals surface area (Å²) in [4.78, 5) is 49.6. The van der Waals surface area contributed by atoms with Gasteiger partial charge in [0.2, 0.25) is 5.91 Å². The van der Waals surface area contributed by atoms with E-state index in [1.165, 1.54) is 30.6 Å². The monoisotopic (exact) mass is 690 g/mol. The Morgan fingerprint density at radius 1 is 0.804 bits per heavy atom. The number of carbonyl (C=O) groups excluding carboxylic acids is 2. The molecule has 0 spiro atoms. The van der Waals surface area contributed by atoms with Gasteiger partial charge in [-0.15, -0.1) is 0 Å². The topological polar surface area (TPSA) is 122 Å². The molecular formula is C42H50N4O5. The fourth-order valence-corrected chi connectivity index (χ4v) is 6.42. The maximum atomic E-state index is 13.8. The van der Waals surface area contributed by atoms with E-state index in [4.69, 9.17) is 4.74 Å². The Labute approximate surface area is 301 Å². The predicted octanol–water partition coefficient (Wildman–Crippen LogP) is 7.92. The Hall–Kier alpha value is -5.05. The number of nitrogens with zero attached hydrogens (tertiary/aromatic N) is 3. The lowest BCUT2D eigenvalue weighted by atomic mass is 10.0. The van der Waals surface area contributed by atoms with Gasteiger partial charge in [-0.1, -0.05) is 94.5 Å². The molecule has 1 aliphatic heterocycles.